The van der Waals surface area contributed by atoms with Crippen molar-refractivity contribution in [1.82, 2.24) is 0 Å². The maximum atomic E-state index is 6.19. The van der Waals surface area contributed by atoms with Crippen LogP contribution in [0.1, 0.15) is 37.7 Å². The number of allylic oxidation sites excluding steroid dienone is 1. The lowest BCUT2D eigenvalue weighted by molar-refractivity contribution is -0.0743. The topological polar surface area (TPSA) is 9.23 Å². The molecule has 1 aromatic carbocycles. The van der Waals surface area contributed by atoms with Crippen LogP contribution < -0.4 is 0 Å². The second kappa shape index (κ2) is 6.59. The van der Waals surface area contributed by atoms with Crippen LogP contribution in [0.2, 0.25) is 0 Å². The van der Waals surface area contributed by atoms with Gasteiger partial charge in [-0.3, -0.25) is 0 Å². The molecule has 0 saturated heterocycles. The molecule has 1 saturated carbocycles. The molecule has 2 atom stereocenters. The molecule has 0 N–H and O–H groups in total. The number of hydrogen-bond donors (Lipinski definition) is 0. The smallest absolute Gasteiger partial charge is 0.131 e. The maximum Gasteiger partial charge on any atom is 0.131 e. The van der Waals surface area contributed by atoms with E-state index in [4.69, 9.17) is 11.2 Å². The van der Waals surface area contributed by atoms with Crippen LogP contribution in [0.4, 0.5) is 0 Å². The Balaban J connectivity index is 2.08. The Hall–Kier alpha value is -1.52. The van der Waals surface area contributed by atoms with Crippen molar-refractivity contribution in [3.8, 4) is 12.3 Å². The number of benzene rings is 1. The molecule has 1 aromatic rings. The van der Waals surface area contributed by atoms with E-state index in [9.17, 15) is 0 Å². The van der Waals surface area contributed by atoms with Crippen molar-refractivity contribution in [2.45, 2.75) is 44.3 Å². The molecule has 1 aliphatic rings. The number of rotatable bonds is 5. The first-order valence-corrected chi connectivity index (χ1v) is 7.07. The van der Waals surface area contributed by atoms with Gasteiger partial charge in [-0.1, -0.05) is 48.7 Å². The third kappa shape index (κ3) is 3.28. The van der Waals surface area contributed by atoms with Crippen LogP contribution in [-0.4, -0.2) is 5.60 Å². The van der Waals surface area contributed by atoms with Gasteiger partial charge in [-0.25, -0.2) is 0 Å². The molecule has 1 aliphatic carbocycles. The lowest BCUT2D eigenvalue weighted by Crippen LogP contribution is -2.41. The van der Waals surface area contributed by atoms with Gasteiger partial charge in [-0.15, -0.1) is 13.0 Å². The molecule has 0 aliphatic heterocycles. The van der Waals surface area contributed by atoms with Crippen molar-refractivity contribution in [2.24, 2.45) is 5.92 Å². The molecule has 1 heteroatoms. The van der Waals surface area contributed by atoms with Crippen LogP contribution in [0.5, 0.6) is 0 Å². The second-order valence-electron chi connectivity index (χ2n) is 5.28. The Bertz CT molecular complexity index is 443. The molecule has 0 unspecified atom stereocenters. The van der Waals surface area contributed by atoms with Gasteiger partial charge in [-0.05, 0) is 31.2 Å². The van der Waals surface area contributed by atoms with Crippen LogP contribution in [-0.2, 0) is 11.3 Å². The van der Waals surface area contributed by atoms with Gasteiger partial charge >= 0.3 is 0 Å². The molecular weight excluding hydrogens is 232 g/mol. The monoisotopic (exact) mass is 254 g/mol. The van der Waals surface area contributed by atoms with Crippen molar-refractivity contribution in [2.75, 3.05) is 0 Å². The van der Waals surface area contributed by atoms with Crippen LogP contribution in [0.25, 0.3) is 0 Å². The Kier molecular flexibility index (Phi) is 4.82. The minimum absolute atomic E-state index is 0.401. The average molecular weight is 254 g/mol. The molecule has 1 nitrogen and oxygen atoms in total. The molecule has 100 valence electrons. The second-order valence-corrected chi connectivity index (χ2v) is 5.28. The van der Waals surface area contributed by atoms with Crippen molar-refractivity contribution in [3.63, 3.8) is 0 Å². The molecule has 0 aromatic heterocycles. The predicted octanol–water partition coefficient (Wildman–Crippen LogP) is 4.34. The average Bonchev–Trinajstić information content (AvgIpc) is 2.48. The molecule has 0 spiro atoms. The summed E-state index contributed by atoms with van der Waals surface area (Å²) in [6.07, 6.45) is 13.2. The lowest BCUT2D eigenvalue weighted by atomic mass is 9.74. The zero-order valence-electron chi connectivity index (χ0n) is 11.5. The summed E-state index contributed by atoms with van der Waals surface area (Å²) in [5.74, 6) is 3.36. The summed E-state index contributed by atoms with van der Waals surface area (Å²) in [6.45, 7) is 4.44. The highest BCUT2D eigenvalue weighted by Gasteiger charge is 2.39. The minimum atomic E-state index is -0.401. The quantitative estimate of drug-likeness (QED) is 0.561. The van der Waals surface area contributed by atoms with Crippen LogP contribution in [0.3, 0.4) is 0 Å². The molecule has 0 heterocycles. The summed E-state index contributed by atoms with van der Waals surface area (Å²) in [6, 6.07) is 10.2. The summed E-state index contributed by atoms with van der Waals surface area (Å²) in [4.78, 5) is 0. The van der Waals surface area contributed by atoms with Crippen LogP contribution >= 0.6 is 0 Å². The standard InChI is InChI=1S/C18H22O/c1-3-10-17-13-8-9-14-18(17,4-2)19-15-16-11-6-5-7-12-16/h2-3,5-7,11-12,17H,1,8-10,13-15H2/t17-,18+/m0/s1. The van der Waals surface area contributed by atoms with E-state index < -0.39 is 5.60 Å². The van der Waals surface area contributed by atoms with Gasteiger partial charge in [0, 0.05) is 5.92 Å². The van der Waals surface area contributed by atoms with E-state index in [1.165, 1.54) is 12.0 Å². The van der Waals surface area contributed by atoms with E-state index in [1.807, 2.05) is 24.3 Å². The summed E-state index contributed by atoms with van der Waals surface area (Å²) in [5.41, 5.74) is 0.780. The van der Waals surface area contributed by atoms with E-state index in [1.54, 1.807) is 0 Å². The molecule has 0 amide bonds. The van der Waals surface area contributed by atoms with Crippen molar-refractivity contribution < 1.29 is 4.74 Å². The molecule has 2 rings (SSSR count). The fraction of sp³-hybridized carbons (Fsp3) is 0.444. The Labute approximate surface area is 116 Å². The number of hydrogen-bond acceptors (Lipinski definition) is 1. The minimum Gasteiger partial charge on any atom is -0.357 e. The van der Waals surface area contributed by atoms with Gasteiger partial charge in [0.05, 0.1) is 6.61 Å². The molecule has 0 bridgehead atoms. The maximum absolute atomic E-state index is 6.19. The van der Waals surface area contributed by atoms with Gasteiger partial charge in [0.1, 0.15) is 5.60 Å². The zero-order chi connectivity index (χ0) is 13.6. The van der Waals surface area contributed by atoms with E-state index in [0.717, 1.165) is 25.7 Å². The fourth-order valence-corrected chi connectivity index (χ4v) is 2.93. The summed E-state index contributed by atoms with van der Waals surface area (Å²) in [7, 11) is 0. The van der Waals surface area contributed by atoms with Crippen LogP contribution in [0, 0.1) is 18.3 Å². The first-order chi connectivity index (χ1) is 9.30. The van der Waals surface area contributed by atoms with Gasteiger partial charge in [0.25, 0.3) is 0 Å². The van der Waals surface area contributed by atoms with E-state index in [-0.39, 0.29) is 0 Å². The van der Waals surface area contributed by atoms with E-state index >= 15 is 0 Å². The Morgan fingerprint density at radius 2 is 2.16 bits per heavy atom. The third-order valence-electron chi connectivity index (χ3n) is 4.04. The predicted molar refractivity (Wildman–Crippen MR) is 79.6 cm³/mol. The normalized spacial score (nSPS) is 26.6. The summed E-state index contributed by atoms with van der Waals surface area (Å²) in [5, 5.41) is 0. The highest BCUT2D eigenvalue weighted by Crippen LogP contribution is 2.39. The highest BCUT2D eigenvalue weighted by molar-refractivity contribution is 5.17. The first-order valence-electron chi connectivity index (χ1n) is 7.07. The zero-order valence-corrected chi connectivity index (χ0v) is 11.5. The van der Waals surface area contributed by atoms with Crippen molar-refractivity contribution in [1.29, 1.82) is 0 Å². The van der Waals surface area contributed by atoms with E-state index in [2.05, 4.69) is 24.6 Å². The SMILES string of the molecule is C#C[C@@]1(OCc2ccccc2)CCCC[C@@H]1CC=C. The van der Waals surface area contributed by atoms with Gasteiger partial charge < -0.3 is 4.74 Å². The van der Waals surface area contributed by atoms with E-state index in [0.29, 0.717) is 12.5 Å². The Morgan fingerprint density at radius 1 is 1.37 bits per heavy atom. The largest absolute Gasteiger partial charge is 0.357 e. The number of terminal acetylenes is 1. The van der Waals surface area contributed by atoms with Gasteiger partial charge in [0.15, 0.2) is 0 Å². The molecule has 1 fully saturated rings. The van der Waals surface area contributed by atoms with Crippen LogP contribution in [0.15, 0.2) is 43.0 Å². The van der Waals surface area contributed by atoms with Gasteiger partial charge in [-0.2, -0.15) is 0 Å². The van der Waals surface area contributed by atoms with Crippen molar-refractivity contribution >= 4 is 0 Å². The first kappa shape index (κ1) is 13.9. The summed E-state index contributed by atoms with van der Waals surface area (Å²) >= 11 is 0. The summed E-state index contributed by atoms with van der Waals surface area (Å²) < 4.78 is 6.19. The lowest BCUT2D eigenvalue weighted by Gasteiger charge is -2.40. The third-order valence-corrected chi connectivity index (χ3v) is 4.04. The number of ether oxygens (including phenoxy) is 1. The molecular formula is C18H22O. The fourth-order valence-electron chi connectivity index (χ4n) is 2.93. The highest BCUT2D eigenvalue weighted by atomic mass is 16.5. The van der Waals surface area contributed by atoms with Crippen molar-refractivity contribution in [3.05, 3.63) is 48.6 Å². The molecule has 19 heavy (non-hydrogen) atoms. The molecule has 0 radical (unpaired) electrons. The van der Waals surface area contributed by atoms with Gasteiger partial charge in [0.2, 0.25) is 0 Å². The Morgan fingerprint density at radius 3 is 2.84 bits per heavy atom.